The number of benzene rings is 4. The highest BCUT2D eigenvalue weighted by atomic mass is 16.4. The van der Waals surface area contributed by atoms with Gasteiger partial charge in [0.15, 0.2) is 5.58 Å². The van der Waals surface area contributed by atoms with Crippen molar-refractivity contribution in [2.75, 3.05) is 24.5 Å². The third-order valence-electron chi connectivity index (χ3n) is 7.21. The van der Waals surface area contributed by atoms with Crippen molar-refractivity contribution in [2.45, 2.75) is 18.5 Å². The molecule has 0 spiro atoms. The molecule has 180 valence electrons. The van der Waals surface area contributed by atoms with E-state index in [-0.39, 0.29) is 5.76 Å². The Labute approximate surface area is 210 Å². The molecule has 4 aromatic carbocycles. The van der Waals surface area contributed by atoms with E-state index >= 15 is 0 Å². The minimum Gasteiger partial charge on any atom is -0.405 e. The summed E-state index contributed by atoms with van der Waals surface area (Å²) in [6, 6.07) is 37.2. The largest absolute Gasteiger partial charge is 0.421 e. The maximum atomic E-state index is 14.0. The van der Waals surface area contributed by atoms with E-state index in [0.29, 0.717) is 11.6 Å². The zero-order valence-corrected chi connectivity index (χ0v) is 20.3. The predicted molar refractivity (Wildman–Crippen MR) is 145 cm³/mol. The van der Waals surface area contributed by atoms with E-state index in [1.165, 1.54) is 0 Å². The zero-order valence-electron chi connectivity index (χ0n) is 20.3. The van der Waals surface area contributed by atoms with Crippen LogP contribution in [0.1, 0.15) is 23.6 Å². The van der Waals surface area contributed by atoms with Crippen LogP contribution in [-0.2, 0) is 5.54 Å². The summed E-state index contributed by atoms with van der Waals surface area (Å²) in [7, 11) is 0. The van der Waals surface area contributed by atoms with Gasteiger partial charge in [-0.05, 0) is 35.7 Å². The van der Waals surface area contributed by atoms with Crippen molar-refractivity contribution in [3.63, 3.8) is 0 Å². The predicted octanol–water partition coefficient (Wildman–Crippen LogP) is 5.23. The van der Waals surface area contributed by atoms with Gasteiger partial charge in [0.2, 0.25) is 0 Å². The molecule has 0 unspecified atom stereocenters. The van der Waals surface area contributed by atoms with Crippen molar-refractivity contribution in [3.8, 4) is 0 Å². The molecular weight excluding hydrogens is 446 g/mol. The Kier molecular flexibility index (Phi) is 5.70. The van der Waals surface area contributed by atoms with E-state index in [2.05, 4.69) is 59.6 Å². The summed E-state index contributed by atoms with van der Waals surface area (Å²) in [6.45, 7) is 4.79. The highest BCUT2D eigenvalue weighted by molar-refractivity contribution is 5.88. The van der Waals surface area contributed by atoms with Gasteiger partial charge in [-0.2, -0.15) is 0 Å². The molecule has 5 aromatic rings. The van der Waals surface area contributed by atoms with Crippen LogP contribution < -0.4 is 16.0 Å². The molecule has 1 aliphatic heterocycles. The Morgan fingerprint density at radius 3 is 1.86 bits per heavy atom. The molecule has 0 amide bonds. The number of fused-ring (bicyclic) bond motifs is 1. The van der Waals surface area contributed by atoms with Crippen molar-refractivity contribution in [1.82, 2.24) is 9.88 Å². The Morgan fingerprint density at radius 1 is 0.778 bits per heavy atom. The van der Waals surface area contributed by atoms with Crippen LogP contribution in [0.25, 0.3) is 11.1 Å². The monoisotopic (exact) mass is 475 g/mol. The van der Waals surface area contributed by atoms with Crippen LogP contribution in [0.4, 0.5) is 5.69 Å². The molecule has 1 N–H and O–H groups in total. The maximum absolute atomic E-state index is 14.0. The van der Waals surface area contributed by atoms with Crippen molar-refractivity contribution < 1.29 is 4.42 Å². The van der Waals surface area contributed by atoms with Gasteiger partial charge in [0.25, 0.3) is 0 Å². The Morgan fingerprint density at radius 2 is 1.33 bits per heavy atom. The molecule has 0 saturated carbocycles. The fraction of sp³-hybridized carbons (Fsp3) is 0.194. The standard InChI is InChI=1S/C31H29N3O2/c1-23-22-33(21-20-32-23)27-18-11-19-28-29(27)36-30(35)34(28)31(24-12-5-2-6-13-24,25-14-7-3-8-15-25)26-16-9-4-10-17-26/h2-19,23,32H,20-22H2,1H3/t23-/m1/s1. The van der Waals surface area contributed by atoms with Gasteiger partial charge in [0, 0.05) is 25.7 Å². The number of hydrogen-bond donors (Lipinski definition) is 1. The first-order chi connectivity index (χ1) is 17.7. The van der Waals surface area contributed by atoms with E-state index in [4.69, 9.17) is 4.42 Å². The lowest BCUT2D eigenvalue weighted by atomic mass is 9.76. The molecule has 1 atom stereocenters. The summed E-state index contributed by atoms with van der Waals surface area (Å²) in [5, 5.41) is 3.50. The first kappa shape index (κ1) is 22.4. The first-order valence-corrected chi connectivity index (χ1v) is 12.5. The van der Waals surface area contributed by atoms with Crippen molar-refractivity contribution in [3.05, 3.63) is 136 Å². The molecule has 0 radical (unpaired) electrons. The minimum atomic E-state index is -0.915. The molecule has 0 bridgehead atoms. The van der Waals surface area contributed by atoms with Gasteiger partial charge in [-0.3, -0.25) is 4.57 Å². The van der Waals surface area contributed by atoms with Gasteiger partial charge in [-0.15, -0.1) is 0 Å². The van der Waals surface area contributed by atoms with Gasteiger partial charge in [-0.25, -0.2) is 4.79 Å². The molecule has 5 heteroatoms. The molecule has 5 nitrogen and oxygen atoms in total. The maximum Gasteiger partial charge on any atom is 0.421 e. The zero-order chi connectivity index (χ0) is 24.5. The summed E-state index contributed by atoms with van der Waals surface area (Å²) in [5.41, 5.74) is 4.43. The summed E-state index contributed by atoms with van der Waals surface area (Å²) in [5.74, 6) is -0.378. The second-order valence-electron chi connectivity index (χ2n) is 9.44. The third-order valence-corrected chi connectivity index (χ3v) is 7.21. The lowest BCUT2D eigenvalue weighted by molar-refractivity contribution is 0.439. The topological polar surface area (TPSA) is 50.4 Å². The lowest BCUT2D eigenvalue weighted by Gasteiger charge is -2.37. The fourth-order valence-corrected chi connectivity index (χ4v) is 5.67. The van der Waals surface area contributed by atoms with E-state index in [9.17, 15) is 4.79 Å². The van der Waals surface area contributed by atoms with Crippen molar-refractivity contribution >= 4 is 16.8 Å². The number of aromatic nitrogens is 1. The summed E-state index contributed by atoms with van der Waals surface area (Å²) in [6.07, 6.45) is 0. The highest BCUT2D eigenvalue weighted by Crippen LogP contribution is 2.42. The van der Waals surface area contributed by atoms with Crippen LogP contribution in [0, 0.1) is 0 Å². The lowest BCUT2D eigenvalue weighted by Crippen LogP contribution is -2.49. The van der Waals surface area contributed by atoms with Crippen LogP contribution in [0.2, 0.25) is 0 Å². The molecule has 1 fully saturated rings. The van der Waals surface area contributed by atoms with Crippen LogP contribution in [0.3, 0.4) is 0 Å². The second kappa shape index (κ2) is 9.17. The first-order valence-electron chi connectivity index (χ1n) is 12.5. The van der Waals surface area contributed by atoms with Gasteiger partial charge in [0.05, 0.1) is 11.2 Å². The quantitative estimate of drug-likeness (QED) is 0.354. The molecule has 1 saturated heterocycles. The Bertz CT molecular complexity index is 1430. The van der Waals surface area contributed by atoms with Gasteiger partial charge >= 0.3 is 5.76 Å². The van der Waals surface area contributed by atoms with Crippen LogP contribution in [-0.4, -0.2) is 30.2 Å². The summed E-state index contributed by atoms with van der Waals surface area (Å²) < 4.78 is 7.98. The van der Waals surface area contributed by atoms with E-state index in [0.717, 1.165) is 47.5 Å². The number of piperazine rings is 1. The molecular formula is C31H29N3O2. The minimum absolute atomic E-state index is 0.361. The fourth-order valence-electron chi connectivity index (χ4n) is 5.67. The van der Waals surface area contributed by atoms with E-state index in [1.807, 2.05) is 71.3 Å². The Balaban J connectivity index is 1.71. The highest BCUT2D eigenvalue weighted by Gasteiger charge is 2.42. The van der Waals surface area contributed by atoms with Gasteiger partial charge in [0.1, 0.15) is 5.54 Å². The number of nitrogens with one attached hydrogen (secondary N) is 1. The molecule has 36 heavy (non-hydrogen) atoms. The van der Waals surface area contributed by atoms with E-state index in [1.54, 1.807) is 0 Å². The van der Waals surface area contributed by atoms with Crippen LogP contribution in [0.15, 0.2) is 118 Å². The number of rotatable bonds is 5. The molecule has 1 aliphatic rings. The number of hydrogen-bond acceptors (Lipinski definition) is 4. The number of nitrogens with zero attached hydrogens (tertiary/aromatic N) is 2. The molecule has 6 rings (SSSR count). The molecule has 0 aliphatic carbocycles. The van der Waals surface area contributed by atoms with Gasteiger partial charge < -0.3 is 14.6 Å². The normalized spacial score (nSPS) is 16.4. The SMILES string of the molecule is C[C@@H]1CN(c2cccc3c2oc(=O)n3C(c2ccccc2)(c2ccccc2)c2ccccc2)CCN1. The van der Waals surface area contributed by atoms with Crippen molar-refractivity contribution in [1.29, 1.82) is 0 Å². The van der Waals surface area contributed by atoms with Gasteiger partial charge in [-0.1, -0.05) is 97.1 Å². The summed E-state index contributed by atoms with van der Waals surface area (Å²) >= 11 is 0. The van der Waals surface area contributed by atoms with Crippen LogP contribution in [0.5, 0.6) is 0 Å². The molecule has 1 aromatic heterocycles. The molecule has 2 heterocycles. The smallest absolute Gasteiger partial charge is 0.405 e. The Hall–Kier alpha value is -4.09. The average molecular weight is 476 g/mol. The average Bonchev–Trinajstić information content (AvgIpc) is 3.27. The number of para-hydroxylation sites is 1. The van der Waals surface area contributed by atoms with E-state index < -0.39 is 5.54 Å². The third kappa shape index (κ3) is 3.55. The van der Waals surface area contributed by atoms with Crippen molar-refractivity contribution in [2.24, 2.45) is 0 Å². The number of anilines is 1. The van der Waals surface area contributed by atoms with Crippen LogP contribution >= 0.6 is 0 Å². The number of oxazole rings is 1. The summed E-state index contributed by atoms with van der Waals surface area (Å²) in [4.78, 5) is 16.3. The second-order valence-corrected chi connectivity index (χ2v) is 9.44.